The van der Waals surface area contributed by atoms with Gasteiger partial charge in [-0.2, -0.15) is 0 Å². The van der Waals surface area contributed by atoms with E-state index in [-0.39, 0.29) is 17.9 Å². The average Bonchev–Trinajstić information content (AvgIpc) is 2.96. The second-order valence-electron chi connectivity index (χ2n) is 6.81. The Labute approximate surface area is 153 Å². The molecule has 1 aromatic rings. The third kappa shape index (κ3) is 3.97. The number of carbonyl (C=O) groups excluding carboxylic acids is 2. The number of amides is 2. The van der Waals surface area contributed by atoms with Crippen molar-refractivity contribution >= 4 is 29.1 Å². The number of benzene rings is 1. The van der Waals surface area contributed by atoms with Gasteiger partial charge in [-0.3, -0.25) is 14.5 Å². The molecule has 1 N–H and O–H groups in total. The highest BCUT2D eigenvalue weighted by molar-refractivity contribution is 6.34. The zero-order chi connectivity index (χ0) is 18.0. The molecule has 0 unspecified atom stereocenters. The molecule has 0 aromatic heterocycles. The van der Waals surface area contributed by atoms with Gasteiger partial charge in [-0.15, -0.1) is 0 Å². The Kier molecular flexibility index (Phi) is 5.61. The van der Waals surface area contributed by atoms with E-state index in [0.29, 0.717) is 23.7 Å². The molecule has 25 heavy (non-hydrogen) atoms. The summed E-state index contributed by atoms with van der Waals surface area (Å²) in [6.07, 6.45) is 0.602. The lowest BCUT2D eigenvalue weighted by molar-refractivity contribution is -0.130. The topological polar surface area (TPSA) is 55.9 Å². The van der Waals surface area contributed by atoms with Crippen LogP contribution < -0.4 is 10.2 Å². The van der Waals surface area contributed by atoms with Crippen molar-refractivity contribution in [2.24, 2.45) is 0 Å². The number of para-hydroxylation sites is 1. The monoisotopic (exact) mass is 364 g/mol. The van der Waals surface area contributed by atoms with E-state index in [0.717, 1.165) is 26.2 Å². The van der Waals surface area contributed by atoms with E-state index in [1.807, 2.05) is 25.1 Å². The predicted molar refractivity (Wildman–Crippen MR) is 98.9 cm³/mol. The van der Waals surface area contributed by atoms with Crippen LogP contribution in [0, 0.1) is 0 Å². The van der Waals surface area contributed by atoms with E-state index in [1.54, 1.807) is 11.0 Å². The lowest BCUT2D eigenvalue weighted by atomic mass is 10.2. The van der Waals surface area contributed by atoms with Crippen molar-refractivity contribution in [2.45, 2.75) is 25.4 Å². The number of likely N-dealkylation sites (N-methyl/N-ethyl adjacent to an activating group) is 1. The Balaban J connectivity index is 1.59. The fourth-order valence-corrected chi connectivity index (χ4v) is 3.63. The first-order valence-corrected chi connectivity index (χ1v) is 9.14. The van der Waals surface area contributed by atoms with Gasteiger partial charge in [0.25, 0.3) is 0 Å². The maximum Gasteiger partial charge on any atom is 0.249 e. The second kappa shape index (κ2) is 7.72. The van der Waals surface area contributed by atoms with Crippen LogP contribution in [0.4, 0.5) is 5.69 Å². The minimum Gasteiger partial charge on any atom is -0.343 e. The number of hydrogen-bond acceptors (Lipinski definition) is 4. The van der Waals surface area contributed by atoms with E-state index < -0.39 is 6.04 Å². The van der Waals surface area contributed by atoms with Crippen LogP contribution in [-0.2, 0) is 9.59 Å². The Morgan fingerprint density at radius 1 is 1.20 bits per heavy atom. The number of piperazine rings is 1. The minimum absolute atomic E-state index is 0.0797. The van der Waals surface area contributed by atoms with Crippen LogP contribution in [0.1, 0.15) is 13.3 Å². The van der Waals surface area contributed by atoms with Gasteiger partial charge in [0.05, 0.1) is 16.8 Å². The van der Waals surface area contributed by atoms with E-state index in [1.165, 1.54) is 0 Å². The molecule has 2 atom stereocenters. The fraction of sp³-hybridized carbons (Fsp3) is 0.556. The van der Waals surface area contributed by atoms with Gasteiger partial charge in [-0.05, 0) is 32.5 Å². The molecule has 2 aliphatic heterocycles. The van der Waals surface area contributed by atoms with Crippen molar-refractivity contribution in [2.75, 3.05) is 44.7 Å². The molecule has 2 fully saturated rings. The minimum atomic E-state index is -0.473. The molecular weight excluding hydrogens is 340 g/mol. The molecule has 2 heterocycles. The largest absolute Gasteiger partial charge is 0.343 e. The van der Waals surface area contributed by atoms with Crippen LogP contribution in [0.5, 0.6) is 0 Å². The quantitative estimate of drug-likeness (QED) is 0.872. The Morgan fingerprint density at radius 3 is 2.56 bits per heavy atom. The summed E-state index contributed by atoms with van der Waals surface area (Å²) in [5.41, 5.74) is 0.707. The number of rotatable bonds is 4. The van der Waals surface area contributed by atoms with E-state index in [9.17, 15) is 9.59 Å². The summed E-state index contributed by atoms with van der Waals surface area (Å²) in [5.74, 6) is -0.170. The lowest BCUT2D eigenvalue weighted by Crippen LogP contribution is -2.55. The molecule has 136 valence electrons. The maximum absolute atomic E-state index is 12.7. The molecule has 0 radical (unpaired) electrons. The Bertz CT molecular complexity index is 646. The van der Waals surface area contributed by atoms with Crippen LogP contribution in [0.25, 0.3) is 0 Å². The first kappa shape index (κ1) is 18.2. The van der Waals surface area contributed by atoms with Crippen LogP contribution in [0.15, 0.2) is 24.3 Å². The van der Waals surface area contributed by atoms with Gasteiger partial charge in [-0.25, -0.2) is 0 Å². The highest BCUT2D eigenvalue weighted by atomic mass is 35.5. The van der Waals surface area contributed by atoms with Crippen molar-refractivity contribution in [3.05, 3.63) is 29.3 Å². The van der Waals surface area contributed by atoms with Gasteiger partial charge in [-0.1, -0.05) is 23.7 Å². The third-order valence-electron chi connectivity index (χ3n) is 5.13. The van der Waals surface area contributed by atoms with Gasteiger partial charge >= 0.3 is 0 Å². The molecule has 0 saturated carbocycles. The van der Waals surface area contributed by atoms with Crippen LogP contribution in [0.2, 0.25) is 5.02 Å². The van der Waals surface area contributed by atoms with Crippen molar-refractivity contribution in [3.63, 3.8) is 0 Å². The van der Waals surface area contributed by atoms with Gasteiger partial charge in [0, 0.05) is 32.7 Å². The van der Waals surface area contributed by atoms with Gasteiger partial charge < -0.3 is 15.1 Å². The number of nitrogens with one attached hydrogen (secondary N) is 1. The standard InChI is InChI=1S/C18H25ClN4O2/c1-13(22-11-9-21(2)10-12-22)17(24)20-15-7-8-23(18(15)25)16-6-4-3-5-14(16)19/h3-6,13,15H,7-12H2,1-2H3,(H,20,24)/t13-,15-/m0/s1. The smallest absolute Gasteiger partial charge is 0.249 e. The van der Waals surface area contributed by atoms with Crippen LogP contribution in [-0.4, -0.2) is 73.5 Å². The molecule has 6 nitrogen and oxygen atoms in total. The van der Waals surface area contributed by atoms with Gasteiger partial charge in [0.15, 0.2) is 0 Å². The van der Waals surface area contributed by atoms with Crippen molar-refractivity contribution in [3.8, 4) is 0 Å². The normalized spacial score (nSPS) is 23.7. The number of halogens is 1. The molecule has 2 aliphatic rings. The highest BCUT2D eigenvalue weighted by Crippen LogP contribution is 2.29. The Hall–Kier alpha value is -1.63. The molecule has 7 heteroatoms. The van der Waals surface area contributed by atoms with E-state index >= 15 is 0 Å². The fourth-order valence-electron chi connectivity index (χ4n) is 3.39. The first-order chi connectivity index (χ1) is 12.0. The van der Waals surface area contributed by atoms with Crippen molar-refractivity contribution < 1.29 is 9.59 Å². The molecule has 3 rings (SSSR count). The summed E-state index contributed by atoms with van der Waals surface area (Å²) in [5, 5.41) is 3.48. The summed E-state index contributed by atoms with van der Waals surface area (Å²) in [7, 11) is 2.09. The molecule has 0 spiro atoms. The first-order valence-electron chi connectivity index (χ1n) is 8.76. The summed E-state index contributed by atoms with van der Waals surface area (Å²) in [6.45, 7) is 6.13. The van der Waals surface area contributed by atoms with E-state index in [2.05, 4.69) is 22.2 Å². The molecule has 0 bridgehead atoms. The lowest BCUT2D eigenvalue weighted by Gasteiger charge is -2.35. The Morgan fingerprint density at radius 2 is 1.88 bits per heavy atom. The molecule has 1 aromatic carbocycles. The van der Waals surface area contributed by atoms with Crippen molar-refractivity contribution in [1.29, 1.82) is 0 Å². The van der Waals surface area contributed by atoms with Gasteiger partial charge in [0.1, 0.15) is 6.04 Å². The molecule has 2 saturated heterocycles. The second-order valence-corrected chi connectivity index (χ2v) is 7.21. The number of nitrogens with zero attached hydrogens (tertiary/aromatic N) is 3. The van der Waals surface area contributed by atoms with Crippen LogP contribution in [0.3, 0.4) is 0 Å². The average molecular weight is 365 g/mol. The molecule has 2 amide bonds. The SMILES string of the molecule is C[C@@H](C(=O)N[C@H]1CCN(c2ccccc2Cl)C1=O)N1CCN(C)CC1. The number of hydrogen-bond donors (Lipinski definition) is 1. The summed E-state index contributed by atoms with van der Waals surface area (Å²) >= 11 is 6.19. The molecule has 0 aliphatic carbocycles. The zero-order valence-corrected chi connectivity index (χ0v) is 15.5. The van der Waals surface area contributed by atoms with Crippen LogP contribution >= 0.6 is 11.6 Å². The third-order valence-corrected chi connectivity index (χ3v) is 5.45. The highest BCUT2D eigenvalue weighted by Gasteiger charge is 2.36. The molecular formula is C18H25ClN4O2. The van der Waals surface area contributed by atoms with E-state index in [4.69, 9.17) is 11.6 Å². The van der Waals surface area contributed by atoms with Gasteiger partial charge in [0.2, 0.25) is 11.8 Å². The summed E-state index contributed by atoms with van der Waals surface area (Å²) in [6, 6.07) is 6.59. The predicted octanol–water partition coefficient (Wildman–Crippen LogP) is 1.20. The van der Waals surface area contributed by atoms with Crippen molar-refractivity contribution in [1.82, 2.24) is 15.1 Å². The maximum atomic E-state index is 12.7. The summed E-state index contributed by atoms with van der Waals surface area (Å²) in [4.78, 5) is 31.3. The zero-order valence-electron chi connectivity index (χ0n) is 14.7. The number of carbonyl (C=O) groups is 2. The number of anilines is 1. The summed E-state index contributed by atoms with van der Waals surface area (Å²) < 4.78 is 0.